The van der Waals surface area contributed by atoms with E-state index in [0.29, 0.717) is 47.1 Å². The first kappa shape index (κ1) is 27.4. The molecule has 0 saturated carbocycles. The maximum Gasteiger partial charge on any atom is 0.417 e. The van der Waals surface area contributed by atoms with Crippen LogP contribution in [-0.2, 0) is 16.2 Å². The number of nitrogens with one attached hydrogen (secondary N) is 2. The Balaban J connectivity index is 1.56. The van der Waals surface area contributed by atoms with Gasteiger partial charge in [0, 0.05) is 35.1 Å². The molecule has 0 unspecified atom stereocenters. The number of halogens is 4. The van der Waals surface area contributed by atoms with Gasteiger partial charge < -0.3 is 10.0 Å². The van der Waals surface area contributed by atoms with E-state index in [-0.39, 0.29) is 22.5 Å². The number of nitrogens with zero attached hydrogens (tertiary/aromatic N) is 3. The fraction of sp³-hybridized carbons (Fsp3) is 0.280. The second-order valence-corrected chi connectivity index (χ2v) is 12.5. The van der Waals surface area contributed by atoms with Crippen molar-refractivity contribution in [2.45, 2.75) is 25.1 Å². The molecule has 0 bridgehead atoms. The van der Waals surface area contributed by atoms with Crippen LogP contribution in [0.1, 0.15) is 34.4 Å². The zero-order valence-electron chi connectivity index (χ0n) is 20.5. The third kappa shape index (κ3) is 6.21. The molecule has 2 aromatic carbocycles. The molecule has 1 saturated heterocycles. The van der Waals surface area contributed by atoms with Crippen LogP contribution < -0.4 is 9.62 Å². The molecule has 0 aliphatic carbocycles. The number of piperidine rings is 1. The van der Waals surface area contributed by atoms with Gasteiger partial charge in [0.15, 0.2) is 5.13 Å². The fourth-order valence-corrected chi connectivity index (χ4v) is 6.61. The highest BCUT2D eigenvalue weighted by molar-refractivity contribution is 7.88. The van der Waals surface area contributed by atoms with Crippen LogP contribution in [0.5, 0.6) is 5.88 Å². The first-order valence-electron chi connectivity index (χ1n) is 11.8. The number of rotatable bonds is 6. The van der Waals surface area contributed by atoms with E-state index < -0.39 is 21.8 Å². The Kier molecular flexibility index (Phi) is 7.35. The number of hydrogen-bond donors (Lipinski definition) is 3. The van der Waals surface area contributed by atoms with E-state index in [1.54, 1.807) is 24.4 Å². The SMILES string of the molecule is CS(=O)(=O)NC1CCN(c2nc(O)c(C(=Cc3ccc(Cl)cc3C(F)(F)F)c3ccc4[nH]ncc4c3)s2)CC1. The van der Waals surface area contributed by atoms with Crippen molar-refractivity contribution in [2.75, 3.05) is 24.2 Å². The number of thiazole rings is 1. The van der Waals surface area contributed by atoms with Crippen molar-refractivity contribution in [1.29, 1.82) is 0 Å². The molecular weight excluding hydrogens is 575 g/mol. The van der Waals surface area contributed by atoms with Crippen LogP contribution in [0.3, 0.4) is 0 Å². The predicted molar refractivity (Wildman–Crippen MR) is 147 cm³/mol. The van der Waals surface area contributed by atoms with Crippen LogP contribution in [0, 0.1) is 0 Å². The van der Waals surface area contributed by atoms with E-state index in [1.165, 1.54) is 18.2 Å². The molecule has 1 aliphatic heterocycles. The first-order valence-corrected chi connectivity index (χ1v) is 14.9. The van der Waals surface area contributed by atoms with Gasteiger partial charge in [-0.25, -0.2) is 13.1 Å². The average molecular weight is 598 g/mol. The van der Waals surface area contributed by atoms with E-state index in [1.807, 2.05) is 4.90 Å². The Hall–Kier alpha value is -3.13. The molecule has 0 amide bonds. The molecule has 14 heteroatoms. The molecule has 0 radical (unpaired) electrons. The largest absolute Gasteiger partial charge is 0.492 e. The molecule has 5 rings (SSSR count). The van der Waals surface area contributed by atoms with Gasteiger partial charge in [0.2, 0.25) is 15.9 Å². The molecule has 39 heavy (non-hydrogen) atoms. The van der Waals surface area contributed by atoms with E-state index >= 15 is 0 Å². The quantitative estimate of drug-likeness (QED) is 0.253. The standard InChI is InChI=1S/C25H23ClF3N5O3S2/c1-39(36,37)33-18-6-8-34(9-7-18)24-31-23(35)22(38-24)19(14-3-5-21-16(10-14)13-30-32-21)11-15-2-4-17(26)12-20(15)25(27,28)29/h2-5,10-13,18,33,35H,6-9H2,1H3,(H,30,32). The second-order valence-electron chi connectivity index (χ2n) is 9.26. The van der Waals surface area contributed by atoms with Crippen molar-refractivity contribution in [2.24, 2.45) is 0 Å². The highest BCUT2D eigenvalue weighted by Crippen LogP contribution is 2.42. The minimum atomic E-state index is -4.65. The highest BCUT2D eigenvalue weighted by atomic mass is 35.5. The number of aromatic amines is 1. The van der Waals surface area contributed by atoms with Crippen molar-refractivity contribution in [1.82, 2.24) is 19.9 Å². The van der Waals surface area contributed by atoms with Gasteiger partial charge >= 0.3 is 6.18 Å². The van der Waals surface area contributed by atoms with Crippen molar-refractivity contribution in [3.8, 4) is 5.88 Å². The molecule has 0 atom stereocenters. The van der Waals surface area contributed by atoms with Crippen molar-refractivity contribution < 1.29 is 26.7 Å². The van der Waals surface area contributed by atoms with Gasteiger partial charge in [-0.3, -0.25) is 5.10 Å². The predicted octanol–water partition coefficient (Wildman–Crippen LogP) is 5.50. The molecule has 8 nitrogen and oxygen atoms in total. The number of benzene rings is 2. The molecule has 206 valence electrons. The lowest BCUT2D eigenvalue weighted by Gasteiger charge is -2.31. The number of sulfonamides is 1. The van der Waals surface area contributed by atoms with Gasteiger partial charge in [-0.1, -0.05) is 35.1 Å². The zero-order chi connectivity index (χ0) is 27.9. The van der Waals surface area contributed by atoms with Gasteiger partial charge in [0.05, 0.1) is 23.5 Å². The Bertz CT molecular complexity index is 1660. The van der Waals surface area contributed by atoms with Crippen LogP contribution in [0.15, 0.2) is 42.6 Å². The second kappa shape index (κ2) is 10.5. The van der Waals surface area contributed by atoms with E-state index in [9.17, 15) is 26.7 Å². The summed E-state index contributed by atoms with van der Waals surface area (Å²) in [6, 6.07) is 8.61. The van der Waals surface area contributed by atoms with E-state index in [2.05, 4.69) is 19.9 Å². The summed E-state index contributed by atoms with van der Waals surface area (Å²) in [5.74, 6) is -0.313. The molecule has 0 spiro atoms. The number of aromatic nitrogens is 3. The van der Waals surface area contributed by atoms with Gasteiger partial charge in [0.25, 0.3) is 0 Å². The third-order valence-corrected chi connectivity index (χ3v) is 8.50. The zero-order valence-corrected chi connectivity index (χ0v) is 22.8. The Morgan fingerprint density at radius 1 is 1.23 bits per heavy atom. The number of hydrogen-bond acceptors (Lipinski definition) is 7. The first-order chi connectivity index (χ1) is 18.4. The maximum atomic E-state index is 13.9. The molecule has 1 aliphatic rings. The van der Waals surface area contributed by atoms with E-state index in [0.717, 1.165) is 34.6 Å². The summed E-state index contributed by atoms with van der Waals surface area (Å²) in [4.78, 5) is 6.54. The van der Waals surface area contributed by atoms with Gasteiger partial charge in [-0.15, -0.1) is 0 Å². The smallest absolute Gasteiger partial charge is 0.417 e. The summed E-state index contributed by atoms with van der Waals surface area (Å²) in [5.41, 5.74) is 0.646. The fourth-order valence-electron chi connectivity index (χ4n) is 4.55. The van der Waals surface area contributed by atoms with E-state index in [4.69, 9.17) is 11.6 Å². The minimum Gasteiger partial charge on any atom is -0.492 e. The number of alkyl halides is 3. The summed E-state index contributed by atoms with van der Waals surface area (Å²) in [5, 5.41) is 18.9. The number of aromatic hydroxyl groups is 1. The highest BCUT2D eigenvalue weighted by Gasteiger charge is 2.33. The monoisotopic (exact) mass is 597 g/mol. The van der Waals surface area contributed by atoms with Crippen LogP contribution in [0.2, 0.25) is 5.02 Å². The Morgan fingerprint density at radius 3 is 2.67 bits per heavy atom. The Labute approximate surface area is 231 Å². The lowest BCUT2D eigenvalue weighted by molar-refractivity contribution is -0.137. The summed E-state index contributed by atoms with van der Waals surface area (Å²) in [6.45, 7) is 0.990. The summed E-state index contributed by atoms with van der Waals surface area (Å²) < 4.78 is 67.5. The van der Waals surface area contributed by atoms with Gasteiger partial charge in [-0.2, -0.15) is 23.3 Å². The lowest BCUT2D eigenvalue weighted by Crippen LogP contribution is -2.44. The average Bonchev–Trinajstić information content (AvgIpc) is 3.48. The maximum absolute atomic E-state index is 13.9. The summed E-state index contributed by atoms with van der Waals surface area (Å²) in [6.07, 6.45) is 0.530. The van der Waals surface area contributed by atoms with Gasteiger partial charge in [-0.05, 0) is 54.3 Å². The van der Waals surface area contributed by atoms with Gasteiger partial charge in [0.1, 0.15) is 4.88 Å². The molecule has 3 N–H and O–H groups in total. The molecule has 1 fully saturated rings. The lowest BCUT2D eigenvalue weighted by atomic mass is 9.98. The summed E-state index contributed by atoms with van der Waals surface area (Å²) >= 11 is 7.04. The molecule has 4 aromatic rings. The van der Waals surface area contributed by atoms with Crippen LogP contribution >= 0.6 is 22.9 Å². The van der Waals surface area contributed by atoms with Crippen molar-refractivity contribution in [3.63, 3.8) is 0 Å². The van der Waals surface area contributed by atoms with Crippen LogP contribution in [0.4, 0.5) is 18.3 Å². The topological polar surface area (TPSA) is 111 Å². The minimum absolute atomic E-state index is 0.0440. The Morgan fingerprint density at radius 2 is 1.97 bits per heavy atom. The summed E-state index contributed by atoms with van der Waals surface area (Å²) in [7, 11) is -3.33. The van der Waals surface area contributed by atoms with Crippen molar-refractivity contribution in [3.05, 3.63) is 69.2 Å². The van der Waals surface area contributed by atoms with Crippen LogP contribution in [0.25, 0.3) is 22.6 Å². The third-order valence-electron chi connectivity index (χ3n) is 6.36. The number of fused-ring (bicyclic) bond motifs is 1. The molecule has 3 heterocycles. The molecular formula is C25H23ClF3N5O3S2. The van der Waals surface area contributed by atoms with Crippen LogP contribution in [-0.4, -0.2) is 54.1 Å². The van der Waals surface area contributed by atoms with Crippen molar-refractivity contribution >= 4 is 60.6 Å². The molecule has 2 aromatic heterocycles. The number of H-pyrrole nitrogens is 1. The normalized spacial score (nSPS) is 15.8. The number of anilines is 1.